The molecule has 2 aromatic heterocycles. The van der Waals surface area contributed by atoms with Gasteiger partial charge in [-0.3, -0.25) is 19.8 Å². The van der Waals surface area contributed by atoms with Gasteiger partial charge in [-0.15, -0.1) is 0 Å². The van der Waals surface area contributed by atoms with E-state index in [9.17, 15) is 9.59 Å². The van der Waals surface area contributed by atoms with E-state index in [0.29, 0.717) is 40.5 Å². The summed E-state index contributed by atoms with van der Waals surface area (Å²) in [7, 11) is 0. The summed E-state index contributed by atoms with van der Waals surface area (Å²) in [5.41, 5.74) is 5.63. The molecular formula is C42H38N4O3. The second kappa shape index (κ2) is 14.4. The number of hydrogen-bond donors (Lipinski definition) is 2. The molecule has 49 heavy (non-hydrogen) atoms. The Morgan fingerprint density at radius 3 is 1.41 bits per heavy atom. The van der Waals surface area contributed by atoms with Gasteiger partial charge < -0.3 is 4.74 Å². The highest BCUT2D eigenvalue weighted by molar-refractivity contribution is 5.71. The van der Waals surface area contributed by atoms with E-state index in [4.69, 9.17) is 4.74 Å². The number of hydrogen-bond acceptors (Lipinski definition) is 3. The molecule has 0 aliphatic heterocycles. The molecule has 2 heterocycles. The third-order valence-electron chi connectivity index (χ3n) is 8.81. The summed E-state index contributed by atoms with van der Waals surface area (Å²) in [6, 6.07) is 46.4. The van der Waals surface area contributed by atoms with Crippen LogP contribution in [0.5, 0.6) is 5.75 Å². The van der Waals surface area contributed by atoms with Crippen LogP contribution in [0, 0.1) is 0 Å². The molecule has 0 bridgehead atoms. The van der Waals surface area contributed by atoms with Crippen molar-refractivity contribution in [3.8, 4) is 39.6 Å². The number of ether oxygens (including phenoxy) is 1. The third-order valence-corrected chi connectivity index (χ3v) is 8.81. The van der Waals surface area contributed by atoms with E-state index in [1.165, 1.54) is 0 Å². The fraction of sp³-hybridized carbons (Fsp3) is 0.143. The first-order chi connectivity index (χ1) is 24.1. The first-order valence-corrected chi connectivity index (χ1v) is 16.8. The van der Waals surface area contributed by atoms with Crippen molar-refractivity contribution in [2.75, 3.05) is 6.61 Å². The molecule has 244 valence electrons. The molecule has 5 aromatic carbocycles. The summed E-state index contributed by atoms with van der Waals surface area (Å²) >= 11 is 0. The molecular weight excluding hydrogens is 608 g/mol. The SMILES string of the molecule is CCCCCOc1ccc(C(c2c(-c3ccccc3)[nH]n(-c3ccccc3)c2=O)c2c(-c3ccccc3)[nH]n(-c3ccccc3)c2=O)cc1. The standard InChI is InChI=1S/C42H38N4O3/c1-2-3-16-29-49-35-27-25-30(26-28-35)36(37-39(31-17-8-4-9-18-31)43-45(41(37)47)33-21-12-6-13-22-33)38-40(32-19-10-5-11-20-32)44-46(42(38)48)34-23-14-7-15-24-34/h4-15,17-28,36,43-44H,2-3,16,29H2,1H3. The molecule has 0 saturated heterocycles. The van der Waals surface area contributed by atoms with Gasteiger partial charge in [-0.05, 0) is 59.5 Å². The second-order valence-electron chi connectivity index (χ2n) is 12.0. The van der Waals surface area contributed by atoms with E-state index < -0.39 is 5.92 Å². The highest BCUT2D eigenvalue weighted by Gasteiger charge is 2.33. The summed E-state index contributed by atoms with van der Waals surface area (Å²) in [5.74, 6) is -0.00122. The Morgan fingerprint density at radius 1 is 0.551 bits per heavy atom. The van der Waals surface area contributed by atoms with Crippen LogP contribution >= 0.6 is 0 Å². The van der Waals surface area contributed by atoms with Gasteiger partial charge in [0.1, 0.15) is 5.75 Å². The van der Waals surface area contributed by atoms with Gasteiger partial charge in [-0.2, -0.15) is 0 Å². The van der Waals surface area contributed by atoms with E-state index in [2.05, 4.69) is 17.1 Å². The number of nitrogens with one attached hydrogen (secondary N) is 2. The maximum atomic E-state index is 14.8. The van der Waals surface area contributed by atoms with Crippen LogP contribution in [-0.4, -0.2) is 26.2 Å². The molecule has 0 saturated carbocycles. The van der Waals surface area contributed by atoms with Crippen LogP contribution in [0.2, 0.25) is 0 Å². The van der Waals surface area contributed by atoms with E-state index >= 15 is 0 Å². The van der Waals surface area contributed by atoms with Crippen molar-refractivity contribution in [2.24, 2.45) is 0 Å². The second-order valence-corrected chi connectivity index (χ2v) is 12.0. The Labute approximate surface area is 285 Å². The Kier molecular flexibility index (Phi) is 9.23. The molecule has 2 N–H and O–H groups in total. The van der Waals surface area contributed by atoms with Crippen molar-refractivity contribution in [3.63, 3.8) is 0 Å². The first kappa shape index (κ1) is 31.5. The smallest absolute Gasteiger partial charge is 0.276 e. The molecule has 0 amide bonds. The van der Waals surface area contributed by atoms with Gasteiger partial charge in [0.25, 0.3) is 11.1 Å². The van der Waals surface area contributed by atoms with Crippen LogP contribution in [0.25, 0.3) is 33.9 Å². The number of H-pyrrole nitrogens is 2. The average molecular weight is 647 g/mol. The molecule has 0 aliphatic carbocycles. The van der Waals surface area contributed by atoms with E-state index in [1.54, 1.807) is 9.36 Å². The van der Waals surface area contributed by atoms with Crippen molar-refractivity contribution in [3.05, 3.63) is 183 Å². The summed E-state index contributed by atoms with van der Waals surface area (Å²) in [6.45, 7) is 2.80. The number of aromatic nitrogens is 4. The lowest BCUT2D eigenvalue weighted by Gasteiger charge is -2.18. The van der Waals surface area contributed by atoms with Crippen molar-refractivity contribution in [1.82, 2.24) is 19.6 Å². The number of rotatable bonds is 12. The summed E-state index contributed by atoms with van der Waals surface area (Å²) in [4.78, 5) is 29.7. The largest absolute Gasteiger partial charge is 0.494 e. The minimum Gasteiger partial charge on any atom is -0.494 e. The van der Waals surface area contributed by atoms with Crippen molar-refractivity contribution < 1.29 is 4.74 Å². The third kappa shape index (κ3) is 6.43. The van der Waals surface area contributed by atoms with Gasteiger partial charge in [0, 0.05) is 5.92 Å². The minimum atomic E-state index is -0.748. The van der Waals surface area contributed by atoms with E-state index in [-0.39, 0.29) is 11.1 Å². The summed E-state index contributed by atoms with van der Waals surface area (Å²) in [6.07, 6.45) is 3.20. The minimum absolute atomic E-state index is 0.235. The first-order valence-electron chi connectivity index (χ1n) is 16.8. The van der Waals surface area contributed by atoms with Crippen LogP contribution in [0.3, 0.4) is 0 Å². The zero-order chi connectivity index (χ0) is 33.6. The van der Waals surface area contributed by atoms with Crippen LogP contribution in [0.4, 0.5) is 0 Å². The molecule has 7 rings (SSSR count). The predicted molar refractivity (Wildman–Crippen MR) is 196 cm³/mol. The van der Waals surface area contributed by atoms with Crippen molar-refractivity contribution in [1.29, 1.82) is 0 Å². The molecule has 0 aliphatic rings. The lowest BCUT2D eigenvalue weighted by molar-refractivity contribution is 0.306. The molecule has 7 aromatic rings. The zero-order valence-electron chi connectivity index (χ0n) is 27.4. The highest BCUT2D eigenvalue weighted by atomic mass is 16.5. The highest BCUT2D eigenvalue weighted by Crippen LogP contribution is 2.39. The number of unbranched alkanes of at least 4 members (excludes halogenated alkanes) is 2. The van der Waals surface area contributed by atoms with Gasteiger partial charge in [0.2, 0.25) is 0 Å². The van der Waals surface area contributed by atoms with Crippen LogP contribution < -0.4 is 15.9 Å². The molecule has 0 spiro atoms. The van der Waals surface area contributed by atoms with Gasteiger partial charge in [-0.1, -0.05) is 129 Å². The zero-order valence-corrected chi connectivity index (χ0v) is 27.4. The van der Waals surface area contributed by atoms with Gasteiger partial charge in [0.15, 0.2) is 0 Å². The monoisotopic (exact) mass is 646 g/mol. The maximum absolute atomic E-state index is 14.8. The Morgan fingerprint density at radius 2 is 0.980 bits per heavy atom. The predicted octanol–water partition coefficient (Wildman–Crippen LogP) is 8.73. The van der Waals surface area contributed by atoms with E-state index in [1.807, 2.05) is 146 Å². The molecule has 0 radical (unpaired) electrons. The quantitative estimate of drug-likeness (QED) is 0.130. The summed E-state index contributed by atoms with van der Waals surface area (Å²) < 4.78 is 9.21. The van der Waals surface area contributed by atoms with Crippen LogP contribution in [0.15, 0.2) is 155 Å². The Bertz CT molecular complexity index is 2100. The number of para-hydroxylation sites is 2. The van der Waals surface area contributed by atoms with E-state index in [0.717, 1.165) is 41.7 Å². The fourth-order valence-electron chi connectivity index (χ4n) is 6.38. The number of nitrogens with zero attached hydrogens (tertiary/aromatic N) is 2. The molecule has 7 heteroatoms. The topological polar surface area (TPSA) is 84.8 Å². The van der Waals surface area contributed by atoms with Gasteiger partial charge in [-0.25, -0.2) is 9.36 Å². The van der Waals surface area contributed by atoms with Gasteiger partial charge >= 0.3 is 0 Å². The number of benzene rings is 5. The maximum Gasteiger partial charge on any atom is 0.276 e. The molecule has 7 nitrogen and oxygen atoms in total. The Hall–Kier alpha value is -6.08. The Balaban J connectivity index is 1.51. The molecule has 0 atom stereocenters. The van der Waals surface area contributed by atoms with Crippen LogP contribution in [0.1, 0.15) is 48.8 Å². The lowest BCUT2D eigenvalue weighted by Crippen LogP contribution is -2.25. The normalized spacial score (nSPS) is 11.2. The van der Waals surface area contributed by atoms with Crippen LogP contribution in [-0.2, 0) is 0 Å². The summed E-state index contributed by atoms with van der Waals surface area (Å²) in [5, 5.41) is 6.86. The van der Waals surface area contributed by atoms with Crippen molar-refractivity contribution in [2.45, 2.75) is 32.1 Å². The van der Waals surface area contributed by atoms with Crippen molar-refractivity contribution >= 4 is 0 Å². The lowest BCUT2D eigenvalue weighted by atomic mass is 9.83. The fourth-order valence-corrected chi connectivity index (χ4v) is 6.38. The average Bonchev–Trinajstić information content (AvgIpc) is 3.69. The molecule has 0 unspecified atom stereocenters. The molecule has 0 fully saturated rings. The van der Waals surface area contributed by atoms with Gasteiger partial charge in [0.05, 0.1) is 40.5 Å². The number of aromatic amines is 2.